The van der Waals surface area contributed by atoms with Crippen LogP contribution in [0.5, 0.6) is 0 Å². The van der Waals surface area contributed by atoms with Crippen LogP contribution in [-0.4, -0.2) is 32.3 Å². The predicted molar refractivity (Wildman–Crippen MR) is 78.9 cm³/mol. The largest absolute Gasteiger partial charge is 0.334 e. The van der Waals surface area contributed by atoms with Crippen LogP contribution < -0.4 is 5.32 Å². The van der Waals surface area contributed by atoms with Gasteiger partial charge in [0.25, 0.3) is 0 Å². The highest BCUT2D eigenvalue weighted by Gasteiger charge is 2.29. The fourth-order valence-electron chi connectivity index (χ4n) is 2.62. The summed E-state index contributed by atoms with van der Waals surface area (Å²) < 4.78 is 0. The molecule has 0 saturated carbocycles. The second-order valence-corrected chi connectivity index (χ2v) is 5.04. The van der Waals surface area contributed by atoms with E-state index in [1.165, 1.54) is 0 Å². The summed E-state index contributed by atoms with van der Waals surface area (Å²) in [6, 6.07) is 5.66. The fraction of sp³-hybridized carbons (Fsp3) is 0.333. The Kier molecular flexibility index (Phi) is 3.77. The third-order valence-electron chi connectivity index (χ3n) is 3.57. The summed E-state index contributed by atoms with van der Waals surface area (Å²) in [5, 5.41) is 3.12. The number of carbonyl (C=O) groups is 1. The first-order valence-corrected chi connectivity index (χ1v) is 7.01. The molecule has 1 aliphatic heterocycles. The molecule has 1 atom stereocenters. The van der Waals surface area contributed by atoms with Gasteiger partial charge < -0.3 is 10.2 Å². The second kappa shape index (κ2) is 5.87. The first-order valence-electron chi connectivity index (χ1n) is 7.01. The molecule has 1 unspecified atom stereocenters. The van der Waals surface area contributed by atoms with Crippen LogP contribution in [0.3, 0.4) is 0 Å². The van der Waals surface area contributed by atoms with Crippen molar-refractivity contribution in [2.24, 2.45) is 0 Å². The first-order chi connectivity index (χ1) is 10.2. The summed E-state index contributed by atoms with van der Waals surface area (Å²) in [4.78, 5) is 26.5. The van der Waals surface area contributed by atoms with Crippen molar-refractivity contribution in [2.75, 3.05) is 11.9 Å². The molecule has 1 N–H and O–H groups in total. The minimum atomic E-state index is 0.0282. The Balaban J connectivity index is 1.81. The third kappa shape index (κ3) is 2.99. The minimum absolute atomic E-state index is 0.0282. The third-order valence-corrected chi connectivity index (χ3v) is 3.57. The molecule has 2 aromatic rings. The van der Waals surface area contributed by atoms with Crippen LogP contribution in [0.2, 0.25) is 0 Å². The van der Waals surface area contributed by atoms with Gasteiger partial charge in [-0.25, -0.2) is 9.97 Å². The molecular weight excluding hydrogens is 266 g/mol. The highest BCUT2D eigenvalue weighted by molar-refractivity contribution is 5.74. The number of hydrogen-bond acceptors (Lipinski definition) is 5. The highest BCUT2D eigenvalue weighted by Crippen LogP contribution is 2.30. The highest BCUT2D eigenvalue weighted by atomic mass is 16.2. The molecule has 0 radical (unpaired) electrons. The molecule has 108 valence electrons. The number of likely N-dealkylation sites (tertiary alicyclic amines) is 1. The van der Waals surface area contributed by atoms with Crippen molar-refractivity contribution in [3.63, 3.8) is 0 Å². The molecule has 6 nitrogen and oxygen atoms in total. The second-order valence-electron chi connectivity index (χ2n) is 5.04. The van der Waals surface area contributed by atoms with Gasteiger partial charge in [-0.1, -0.05) is 6.07 Å². The van der Waals surface area contributed by atoms with E-state index in [9.17, 15) is 4.79 Å². The molecule has 3 heterocycles. The molecule has 6 heteroatoms. The molecule has 1 amide bonds. The van der Waals surface area contributed by atoms with Crippen molar-refractivity contribution in [3.8, 4) is 0 Å². The molecule has 3 rings (SSSR count). The van der Waals surface area contributed by atoms with Crippen molar-refractivity contribution in [1.29, 1.82) is 0 Å². The Labute approximate surface area is 123 Å². The Morgan fingerprint density at radius 3 is 3.00 bits per heavy atom. The van der Waals surface area contributed by atoms with E-state index < -0.39 is 0 Å². The zero-order valence-electron chi connectivity index (χ0n) is 11.9. The van der Waals surface area contributed by atoms with E-state index in [0.717, 1.165) is 30.9 Å². The van der Waals surface area contributed by atoms with E-state index in [4.69, 9.17) is 0 Å². The van der Waals surface area contributed by atoms with Gasteiger partial charge in [0.15, 0.2) is 0 Å². The van der Waals surface area contributed by atoms with Gasteiger partial charge in [0.2, 0.25) is 5.91 Å². The lowest BCUT2D eigenvalue weighted by atomic mass is 10.1. The number of pyridine rings is 1. The Bertz CT molecular complexity index is 631. The monoisotopic (exact) mass is 283 g/mol. The van der Waals surface area contributed by atoms with E-state index in [1.807, 2.05) is 23.1 Å². The lowest BCUT2D eigenvalue weighted by Gasteiger charge is -2.22. The summed E-state index contributed by atoms with van der Waals surface area (Å²) in [6.07, 6.45) is 7.04. The number of anilines is 2. The van der Waals surface area contributed by atoms with Crippen molar-refractivity contribution in [3.05, 3.63) is 42.5 Å². The van der Waals surface area contributed by atoms with Crippen molar-refractivity contribution in [1.82, 2.24) is 19.9 Å². The quantitative estimate of drug-likeness (QED) is 0.935. The van der Waals surface area contributed by atoms with Gasteiger partial charge in [-0.15, -0.1) is 0 Å². The van der Waals surface area contributed by atoms with Gasteiger partial charge in [0.05, 0.1) is 24.1 Å². The summed E-state index contributed by atoms with van der Waals surface area (Å²) in [7, 11) is 0. The smallest absolute Gasteiger partial charge is 0.220 e. The number of nitrogens with one attached hydrogen (secondary N) is 1. The number of amides is 1. The van der Waals surface area contributed by atoms with E-state index >= 15 is 0 Å². The minimum Gasteiger partial charge on any atom is -0.334 e. The zero-order valence-corrected chi connectivity index (χ0v) is 11.9. The fourth-order valence-corrected chi connectivity index (χ4v) is 2.62. The van der Waals surface area contributed by atoms with Gasteiger partial charge in [-0.3, -0.25) is 9.78 Å². The molecule has 0 bridgehead atoms. The van der Waals surface area contributed by atoms with Gasteiger partial charge in [0, 0.05) is 19.7 Å². The molecular formula is C15H17N5O. The molecule has 0 spiro atoms. The van der Waals surface area contributed by atoms with E-state index in [1.54, 1.807) is 25.5 Å². The van der Waals surface area contributed by atoms with Crippen molar-refractivity contribution < 1.29 is 4.79 Å². The molecule has 2 aromatic heterocycles. The van der Waals surface area contributed by atoms with Gasteiger partial charge in [-0.05, 0) is 25.0 Å². The van der Waals surface area contributed by atoms with Crippen LogP contribution in [0.4, 0.5) is 11.6 Å². The summed E-state index contributed by atoms with van der Waals surface area (Å²) in [5.41, 5.74) is 0.823. The zero-order chi connectivity index (χ0) is 14.7. The van der Waals surface area contributed by atoms with E-state index in [0.29, 0.717) is 5.82 Å². The molecule has 0 aromatic carbocycles. The standard InChI is InChI=1S/C15H17N5O/c1-11(21)20-8-4-5-13(20)12-9-16-10-15(18-12)19-14-6-2-3-7-17-14/h2-3,6-7,9-10,13H,4-5,8H2,1H3,(H,17,18,19). The van der Waals surface area contributed by atoms with Crippen LogP contribution in [0.15, 0.2) is 36.8 Å². The average molecular weight is 283 g/mol. The van der Waals surface area contributed by atoms with Gasteiger partial charge in [0.1, 0.15) is 11.6 Å². The van der Waals surface area contributed by atoms with E-state index in [2.05, 4.69) is 20.3 Å². The van der Waals surface area contributed by atoms with Crippen molar-refractivity contribution >= 4 is 17.5 Å². The number of nitrogens with zero attached hydrogens (tertiary/aromatic N) is 4. The number of hydrogen-bond donors (Lipinski definition) is 1. The maximum Gasteiger partial charge on any atom is 0.220 e. The molecule has 21 heavy (non-hydrogen) atoms. The Morgan fingerprint density at radius 1 is 1.33 bits per heavy atom. The first kappa shape index (κ1) is 13.5. The van der Waals surface area contributed by atoms with Crippen LogP contribution in [0, 0.1) is 0 Å². The van der Waals surface area contributed by atoms with Crippen LogP contribution >= 0.6 is 0 Å². The van der Waals surface area contributed by atoms with Gasteiger partial charge >= 0.3 is 0 Å². The normalized spacial score (nSPS) is 17.8. The average Bonchev–Trinajstić information content (AvgIpc) is 2.98. The lowest BCUT2D eigenvalue weighted by Crippen LogP contribution is -2.28. The number of rotatable bonds is 3. The van der Waals surface area contributed by atoms with Crippen LogP contribution in [0.25, 0.3) is 0 Å². The molecule has 1 aliphatic rings. The predicted octanol–water partition coefficient (Wildman–Crippen LogP) is 2.30. The summed E-state index contributed by atoms with van der Waals surface area (Å²) in [6.45, 7) is 2.39. The van der Waals surface area contributed by atoms with Crippen LogP contribution in [-0.2, 0) is 4.79 Å². The maximum absolute atomic E-state index is 11.7. The Morgan fingerprint density at radius 2 is 2.24 bits per heavy atom. The molecule has 1 saturated heterocycles. The lowest BCUT2D eigenvalue weighted by molar-refractivity contribution is -0.129. The van der Waals surface area contributed by atoms with E-state index in [-0.39, 0.29) is 11.9 Å². The number of aromatic nitrogens is 3. The van der Waals surface area contributed by atoms with Gasteiger partial charge in [-0.2, -0.15) is 0 Å². The summed E-state index contributed by atoms with van der Waals surface area (Å²) in [5.74, 6) is 1.45. The topological polar surface area (TPSA) is 71.0 Å². The van der Waals surface area contributed by atoms with Crippen LogP contribution in [0.1, 0.15) is 31.5 Å². The molecule has 1 fully saturated rings. The SMILES string of the molecule is CC(=O)N1CCCC1c1cncc(Nc2ccccn2)n1. The Hall–Kier alpha value is -2.50. The number of carbonyl (C=O) groups excluding carboxylic acids is 1. The molecule has 0 aliphatic carbocycles. The summed E-state index contributed by atoms with van der Waals surface area (Å²) >= 11 is 0. The maximum atomic E-state index is 11.7. The van der Waals surface area contributed by atoms with Crippen molar-refractivity contribution in [2.45, 2.75) is 25.8 Å².